The van der Waals surface area contributed by atoms with Crippen LogP contribution in [0.25, 0.3) is 0 Å². The molecule has 0 aromatic carbocycles. The lowest BCUT2D eigenvalue weighted by Crippen LogP contribution is -2.53. The normalized spacial score (nSPS) is 21.1. The van der Waals surface area contributed by atoms with E-state index in [4.69, 9.17) is 0 Å². The Hall–Kier alpha value is -0.200. The van der Waals surface area contributed by atoms with Crippen LogP contribution in [0.4, 0.5) is 0 Å². The summed E-state index contributed by atoms with van der Waals surface area (Å²) >= 11 is 0. The Labute approximate surface area is 473 Å². The lowest BCUT2D eigenvalue weighted by atomic mass is 9.92. The zero-order valence-corrected chi connectivity index (χ0v) is 51.9. The molecule has 0 atom stereocenters. The molecular formula is C70H139N5. The summed E-state index contributed by atoms with van der Waals surface area (Å²) in [5, 5.41) is 0. The van der Waals surface area contributed by atoms with Gasteiger partial charge >= 0.3 is 0 Å². The third-order valence-electron chi connectivity index (χ3n) is 19.9. The highest BCUT2D eigenvalue weighted by Gasteiger charge is 2.28. The molecule has 0 unspecified atom stereocenters. The SMILES string of the molecule is CCCCCCCCCCCCN(CCCCCCCCCCCC)CCN(CCN1CCN(CCN(C2CCCCCCCCCCC2)C2CCCCCCCCCCC2)CC1)C1CCCCCCCCCCC1. The first-order chi connectivity index (χ1) is 37.3. The first-order valence-corrected chi connectivity index (χ1v) is 35.9. The molecule has 0 N–H and O–H groups in total. The number of rotatable bonds is 34. The Morgan fingerprint density at radius 3 is 0.840 bits per heavy atom. The molecule has 444 valence electrons. The van der Waals surface area contributed by atoms with E-state index in [1.807, 2.05) is 0 Å². The van der Waals surface area contributed by atoms with Gasteiger partial charge in [-0.2, -0.15) is 0 Å². The number of unbranched alkanes of at least 4 members (excludes halogenated alkanes) is 18. The maximum absolute atomic E-state index is 3.21. The van der Waals surface area contributed by atoms with Gasteiger partial charge < -0.3 is 4.90 Å². The van der Waals surface area contributed by atoms with Gasteiger partial charge in [-0.3, -0.25) is 19.6 Å². The summed E-state index contributed by atoms with van der Waals surface area (Å²) in [5.74, 6) is 0. The summed E-state index contributed by atoms with van der Waals surface area (Å²) < 4.78 is 0. The maximum atomic E-state index is 3.21. The molecule has 5 nitrogen and oxygen atoms in total. The lowest BCUT2D eigenvalue weighted by Gasteiger charge is -2.42. The van der Waals surface area contributed by atoms with Crippen LogP contribution in [0, 0.1) is 0 Å². The summed E-state index contributed by atoms with van der Waals surface area (Å²) in [6.45, 7) is 20.4. The predicted molar refractivity (Wildman–Crippen MR) is 335 cm³/mol. The van der Waals surface area contributed by atoms with Crippen molar-refractivity contribution in [3.63, 3.8) is 0 Å². The predicted octanol–water partition coefficient (Wildman–Crippen LogP) is 20.4. The van der Waals surface area contributed by atoms with Crippen LogP contribution >= 0.6 is 0 Å². The van der Waals surface area contributed by atoms with Crippen molar-refractivity contribution in [3.05, 3.63) is 0 Å². The van der Waals surface area contributed by atoms with Gasteiger partial charge in [-0.1, -0.05) is 303 Å². The van der Waals surface area contributed by atoms with Gasteiger partial charge in [0.15, 0.2) is 0 Å². The minimum atomic E-state index is 0.791. The van der Waals surface area contributed by atoms with E-state index in [1.165, 1.54) is 419 Å². The van der Waals surface area contributed by atoms with E-state index in [2.05, 4.69) is 38.3 Å². The molecule has 3 aliphatic carbocycles. The van der Waals surface area contributed by atoms with Crippen molar-refractivity contribution in [3.8, 4) is 0 Å². The van der Waals surface area contributed by atoms with Gasteiger partial charge in [0.1, 0.15) is 0 Å². The van der Waals surface area contributed by atoms with Crippen LogP contribution in [0.15, 0.2) is 0 Å². The molecule has 3 saturated carbocycles. The summed E-state index contributed by atoms with van der Waals surface area (Å²) in [5.41, 5.74) is 0. The number of nitrogens with zero attached hydrogens (tertiary/aromatic N) is 5. The van der Waals surface area contributed by atoms with E-state index in [0.717, 1.165) is 18.1 Å². The highest BCUT2D eigenvalue weighted by Crippen LogP contribution is 2.29. The van der Waals surface area contributed by atoms with Gasteiger partial charge in [0.05, 0.1) is 0 Å². The third kappa shape index (κ3) is 36.0. The van der Waals surface area contributed by atoms with Crippen LogP contribution in [0.3, 0.4) is 0 Å². The van der Waals surface area contributed by atoms with E-state index in [-0.39, 0.29) is 0 Å². The van der Waals surface area contributed by atoms with Crippen LogP contribution in [0.2, 0.25) is 0 Å². The fourth-order valence-electron chi connectivity index (χ4n) is 14.6. The summed E-state index contributed by atoms with van der Waals surface area (Å²) in [6.07, 6.45) is 77.6. The van der Waals surface area contributed by atoms with Crippen LogP contribution in [0.1, 0.15) is 354 Å². The molecule has 4 fully saturated rings. The quantitative estimate of drug-likeness (QED) is 0.0595. The molecule has 0 spiro atoms. The highest BCUT2D eigenvalue weighted by molar-refractivity contribution is 4.84. The van der Waals surface area contributed by atoms with Crippen molar-refractivity contribution >= 4 is 0 Å². The number of hydrogen-bond acceptors (Lipinski definition) is 5. The third-order valence-corrected chi connectivity index (χ3v) is 19.9. The first kappa shape index (κ1) is 67.3. The van der Waals surface area contributed by atoms with Crippen molar-refractivity contribution < 1.29 is 0 Å². The summed E-state index contributed by atoms with van der Waals surface area (Å²) in [4.78, 5) is 15.1. The van der Waals surface area contributed by atoms with E-state index in [0.29, 0.717) is 0 Å². The molecule has 0 bridgehead atoms. The van der Waals surface area contributed by atoms with Crippen molar-refractivity contribution in [2.45, 2.75) is 372 Å². The summed E-state index contributed by atoms with van der Waals surface area (Å²) in [6, 6.07) is 2.44. The molecule has 0 amide bonds. The molecule has 1 saturated heterocycles. The van der Waals surface area contributed by atoms with E-state index in [1.54, 1.807) is 0 Å². The number of hydrogen-bond donors (Lipinski definition) is 0. The van der Waals surface area contributed by atoms with E-state index < -0.39 is 0 Å². The van der Waals surface area contributed by atoms with Gasteiger partial charge in [-0.15, -0.1) is 0 Å². The van der Waals surface area contributed by atoms with E-state index >= 15 is 0 Å². The molecule has 0 aromatic rings. The molecule has 1 heterocycles. The molecule has 1 aliphatic heterocycles. The van der Waals surface area contributed by atoms with Gasteiger partial charge in [0.2, 0.25) is 0 Å². The summed E-state index contributed by atoms with van der Waals surface area (Å²) in [7, 11) is 0. The van der Waals surface area contributed by atoms with Crippen molar-refractivity contribution in [2.24, 2.45) is 0 Å². The molecule has 0 aromatic heterocycles. The lowest BCUT2D eigenvalue weighted by molar-refractivity contribution is 0.0622. The van der Waals surface area contributed by atoms with Gasteiger partial charge in [0.25, 0.3) is 0 Å². The topological polar surface area (TPSA) is 16.2 Å². The van der Waals surface area contributed by atoms with Crippen molar-refractivity contribution in [1.82, 2.24) is 24.5 Å². The molecule has 75 heavy (non-hydrogen) atoms. The van der Waals surface area contributed by atoms with Crippen LogP contribution in [0.5, 0.6) is 0 Å². The Morgan fingerprint density at radius 2 is 0.520 bits per heavy atom. The Kier molecular flexibility index (Phi) is 44.5. The molecule has 4 aliphatic rings. The Morgan fingerprint density at radius 1 is 0.253 bits per heavy atom. The van der Waals surface area contributed by atoms with Gasteiger partial charge in [0, 0.05) is 83.6 Å². The van der Waals surface area contributed by atoms with Crippen LogP contribution < -0.4 is 0 Å². The van der Waals surface area contributed by atoms with Crippen LogP contribution in [-0.4, -0.2) is 121 Å². The fourth-order valence-corrected chi connectivity index (χ4v) is 14.6. The minimum absolute atomic E-state index is 0.791. The Bertz CT molecular complexity index is 1080. The molecular weight excluding hydrogens is 911 g/mol. The van der Waals surface area contributed by atoms with Crippen molar-refractivity contribution in [1.29, 1.82) is 0 Å². The standard InChI is InChI=1S/C70H139N5/c1-3-5-7-9-11-13-24-32-40-48-56-71(57-49-41-33-25-14-12-10-8-6-4-2)62-65-74(68-50-42-34-26-18-15-19-27-35-43-51-68)66-63-72-58-60-73(61-59-72)64-67-75(69-52-44-36-28-20-16-21-29-37-45-53-69)70-54-46-38-30-22-17-23-31-39-47-55-70/h68-70H,3-67H2,1-2H3. The Balaban J connectivity index is 1.35. The maximum Gasteiger partial charge on any atom is 0.0115 e. The molecule has 0 radical (unpaired) electrons. The smallest absolute Gasteiger partial charge is 0.0115 e. The average molecular weight is 1050 g/mol. The fraction of sp³-hybridized carbons (Fsp3) is 1.00. The van der Waals surface area contributed by atoms with Gasteiger partial charge in [-0.25, -0.2) is 0 Å². The second-order valence-corrected chi connectivity index (χ2v) is 26.4. The second kappa shape index (κ2) is 49.6. The zero-order valence-electron chi connectivity index (χ0n) is 51.9. The van der Waals surface area contributed by atoms with Gasteiger partial charge in [-0.05, 0) is 64.5 Å². The second-order valence-electron chi connectivity index (χ2n) is 26.4. The largest absolute Gasteiger partial charge is 0.302 e. The zero-order chi connectivity index (χ0) is 52.6. The molecule has 5 heteroatoms. The number of piperazine rings is 1. The van der Waals surface area contributed by atoms with Crippen molar-refractivity contribution in [2.75, 3.05) is 78.5 Å². The first-order valence-electron chi connectivity index (χ1n) is 35.9. The van der Waals surface area contributed by atoms with Crippen LogP contribution in [-0.2, 0) is 0 Å². The minimum Gasteiger partial charge on any atom is -0.302 e. The van der Waals surface area contributed by atoms with E-state index in [9.17, 15) is 0 Å². The average Bonchev–Trinajstić information content (AvgIpc) is 3.41. The molecule has 4 rings (SSSR count). The monoisotopic (exact) mass is 1050 g/mol. The highest BCUT2D eigenvalue weighted by atomic mass is 15.3.